The molecule has 1 aliphatic carbocycles. The maximum absolute atomic E-state index is 11.6. The Morgan fingerprint density at radius 1 is 1.67 bits per heavy atom. The first-order valence-electron chi connectivity index (χ1n) is 5.49. The number of ether oxygens (including phenoxy) is 1. The highest BCUT2D eigenvalue weighted by Gasteiger charge is 2.35. The lowest BCUT2D eigenvalue weighted by molar-refractivity contribution is -0.127. The number of hydrazine groups is 1. The van der Waals surface area contributed by atoms with Gasteiger partial charge in [-0.1, -0.05) is 6.92 Å². The van der Waals surface area contributed by atoms with E-state index in [1.54, 1.807) is 7.11 Å². The van der Waals surface area contributed by atoms with Crippen LogP contribution < -0.4 is 11.3 Å². The lowest BCUT2D eigenvalue weighted by Gasteiger charge is -2.29. The standard InChI is InChI=1S/C10H21N3O2/c1-3-9(10(14)12-11)13(6-7-15-2)8-4-5-8/h8-9H,3-7,11H2,1-2H3,(H,12,14). The summed E-state index contributed by atoms with van der Waals surface area (Å²) >= 11 is 0. The van der Waals surface area contributed by atoms with Crippen molar-refractivity contribution in [2.45, 2.75) is 38.3 Å². The molecule has 5 heteroatoms. The number of nitrogens with two attached hydrogens (primary N) is 1. The Morgan fingerprint density at radius 2 is 2.33 bits per heavy atom. The molecule has 3 N–H and O–H groups in total. The van der Waals surface area contributed by atoms with Gasteiger partial charge in [0.1, 0.15) is 0 Å². The molecule has 1 atom stereocenters. The zero-order valence-corrected chi connectivity index (χ0v) is 9.53. The molecule has 0 aliphatic heterocycles. The Bertz CT molecular complexity index is 207. The van der Waals surface area contributed by atoms with E-state index in [1.165, 1.54) is 12.8 Å². The van der Waals surface area contributed by atoms with Gasteiger partial charge >= 0.3 is 0 Å². The molecule has 15 heavy (non-hydrogen) atoms. The first-order valence-corrected chi connectivity index (χ1v) is 5.49. The summed E-state index contributed by atoms with van der Waals surface area (Å²) in [4.78, 5) is 13.8. The highest BCUT2D eigenvalue weighted by molar-refractivity contribution is 5.81. The molecule has 0 aromatic rings. The van der Waals surface area contributed by atoms with Crippen molar-refractivity contribution in [1.29, 1.82) is 0 Å². The smallest absolute Gasteiger partial charge is 0.251 e. The Morgan fingerprint density at radius 3 is 2.73 bits per heavy atom. The van der Waals surface area contributed by atoms with Crippen LogP contribution >= 0.6 is 0 Å². The second kappa shape index (κ2) is 6.05. The number of carbonyl (C=O) groups is 1. The van der Waals surface area contributed by atoms with Crippen molar-refractivity contribution in [2.75, 3.05) is 20.3 Å². The van der Waals surface area contributed by atoms with E-state index >= 15 is 0 Å². The summed E-state index contributed by atoms with van der Waals surface area (Å²) < 4.78 is 5.05. The lowest BCUT2D eigenvalue weighted by atomic mass is 10.1. The van der Waals surface area contributed by atoms with E-state index in [4.69, 9.17) is 10.6 Å². The van der Waals surface area contributed by atoms with E-state index in [2.05, 4.69) is 10.3 Å². The van der Waals surface area contributed by atoms with Crippen molar-refractivity contribution in [3.05, 3.63) is 0 Å². The van der Waals surface area contributed by atoms with E-state index in [0.29, 0.717) is 12.6 Å². The maximum atomic E-state index is 11.6. The Kier molecular flexibility index (Phi) is 5.01. The van der Waals surface area contributed by atoms with Gasteiger partial charge in [-0.2, -0.15) is 0 Å². The van der Waals surface area contributed by atoms with Crippen molar-refractivity contribution >= 4 is 5.91 Å². The molecule has 1 saturated carbocycles. The van der Waals surface area contributed by atoms with Gasteiger partial charge in [0.15, 0.2) is 0 Å². The summed E-state index contributed by atoms with van der Waals surface area (Å²) in [5.74, 6) is 5.08. The fraction of sp³-hybridized carbons (Fsp3) is 0.900. The average Bonchev–Trinajstić information content (AvgIpc) is 3.07. The third-order valence-corrected chi connectivity index (χ3v) is 2.80. The number of methoxy groups -OCH3 is 1. The summed E-state index contributed by atoms with van der Waals surface area (Å²) in [6.07, 6.45) is 3.14. The van der Waals surface area contributed by atoms with Gasteiger partial charge in [-0.3, -0.25) is 15.1 Å². The highest BCUT2D eigenvalue weighted by Crippen LogP contribution is 2.29. The van der Waals surface area contributed by atoms with Crippen molar-refractivity contribution in [3.63, 3.8) is 0 Å². The molecule has 0 heterocycles. The second-order valence-corrected chi connectivity index (χ2v) is 3.89. The molecule has 1 amide bonds. The molecule has 5 nitrogen and oxygen atoms in total. The number of nitrogens with one attached hydrogen (secondary N) is 1. The highest BCUT2D eigenvalue weighted by atomic mass is 16.5. The lowest BCUT2D eigenvalue weighted by Crippen LogP contribution is -2.50. The van der Waals surface area contributed by atoms with Crippen molar-refractivity contribution in [1.82, 2.24) is 10.3 Å². The van der Waals surface area contributed by atoms with Crippen LogP contribution in [0, 0.1) is 0 Å². The fourth-order valence-corrected chi connectivity index (χ4v) is 1.86. The Balaban J connectivity index is 2.54. The number of hydrogen-bond donors (Lipinski definition) is 2. The van der Waals surface area contributed by atoms with Gasteiger partial charge < -0.3 is 4.74 Å². The minimum Gasteiger partial charge on any atom is -0.383 e. The van der Waals surface area contributed by atoms with E-state index in [9.17, 15) is 4.79 Å². The van der Waals surface area contributed by atoms with Crippen LogP contribution in [0.4, 0.5) is 0 Å². The molecule has 1 unspecified atom stereocenters. The number of amides is 1. The molecule has 88 valence electrons. The first kappa shape index (κ1) is 12.4. The van der Waals surface area contributed by atoms with Crippen molar-refractivity contribution in [3.8, 4) is 0 Å². The van der Waals surface area contributed by atoms with Crippen LogP contribution in [0.25, 0.3) is 0 Å². The van der Waals surface area contributed by atoms with Crippen LogP contribution in [0.15, 0.2) is 0 Å². The summed E-state index contributed by atoms with van der Waals surface area (Å²) in [6.45, 7) is 3.46. The van der Waals surface area contributed by atoms with Gasteiger partial charge in [0.25, 0.3) is 5.91 Å². The zero-order valence-electron chi connectivity index (χ0n) is 9.53. The van der Waals surface area contributed by atoms with Gasteiger partial charge in [-0.15, -0.1) is 0 Å². The van der Waals surface area contributed by atoms with Crippen molar-refractivity contribution in [2.24, 2.45) is 5.84 Å². The largest absolute Gasteiger partial charge is 0.383 e. The van der Waals surface area contributed by atoms with E-state index in [1.807, 2.05) is 6.92 Å². The normalized spacial score (nSPS) is 17.9. The third kappa shape index (κ3) is 3.44. The van der Waals surface area contributed by atoms with Gasteiger partial charge in [0, 0.05) is 19.7 Å². The molecule has 0 radical (unpaired) electrons. The van der Waals surface area contributed by atoms with Gasteiger partial charge in [-0.25, -0.2) is 5.84 Å². The van der Waals surface area contributed by atoms with Crippen LogP contribution in [-0.4, -0.2) is 43.2 Å². The third-order valence-electron chi connectivity index (χ3n) is 2.80. The molecular weight excluding hydrogens is 194 g/mol. The van der Waals surface area contributed by atoms with Crippen LogP contribution in [0.5, 0.6) is 0 Å². The quantitative estimate of drug-likeness (QED) is 0.352. The minimum absolute atomic E-state index is 0.0968. The summed E-state index contributed by atoms with van der Waals surface area (Å²) in [7, 11) is 1.68. The number of rotatable bonds is 7. The van der Waals surface area contributed by atoms with Gasteiger partial charge in [0.05, 0.1) is 12.6 Å². The predicted octanol–water partition coefficient (Wildman–Crippen LogP) is -0.134. The Labute approximate surface area is 90.9 Å². The monoisotopic (exact) mass is 215 g/mol. The topological polar surface area (TPSA) is 67.6 Å². The van der Waals surface area contributed by atoms with Crippen LogP contribution in [0.3, 0.4) is 0 Å². The molecular formula is C10H21N3O2. The molecule has 1 fully saturated rings. The maximum Gasteiger partial charge on any atom is 0.251 e. The summed E-state index contributed by atoms with van der Waals surface area (Å²) in [5, 5.41) is 0. The van der Waals surface area contributed by atoms with E-state index in [0.717, 1.165) is 13.0 Å². The first-order chi connectivity index (χ1) is 7.24. The summed E-state index contributed by atoms with van der Waals surface area (Å²) in [5.41, 5.74) is 2.23. The number of nitrogens with zero attached hydrogens (tertiary/aromatic N) is 1. The molecule has 0 bridgehead atoms. The van der Waals surface area contributed by atoms with Crippen LogP contribution in [0.1, 0.15) is 26.2 Å². The van der Waals surface area contributed by atoms with Crippen LogP contribution in [-0.2, 0) is 9.53 Å². The fourth-order valence-electron chi connectivity index (χ4n) is 1.86. The Hall–Kier alpha value is -0.650. The average molecular weight is 215 g/mol. The molecule has 1 rings (SSSR count). The molecule has 0 saturated heterocycles. The molecule has 0 aromatic heterocycles. The van der Waals surface area contributed by atoms with Crippen molar-refractivity contribution < 1.29 is 9.53 Å². The predicted molar refractivity (Wildman–Crippen MR) is 58.0 cm³/mol. The number of hydrogen-bond acceptors (Lipinski definition) is 4. The molecule has 1 aliphatic rings. The number of carbonyl (C=O) groups excluding carboxylic acids is 1. The minimum atomic E-state index is -0.113. The van der Waals surface area contributed by atoms with Gasteiger partial charge in [0.2, 0.25) is 0 Å². The van der Waals surface area contributed by atoms with Crippen LogP contribution in [0.2, 0.25) is 0 Å². The van der Waals surface area contributed by atoms with Gasteiger partial charge in [-0.05, 0) is 19.3 Å². The second-order valence-electron chi connectivity index (χ2n) is 3.89. The van der Waals surface area contributed by atoms with E-state index in [-0.39, 0.29) is 11.9 Å². The summed E-state index contributed by atoms with van der Waals surface area (Å²) in [6, 6.07) is 0.431. The zero-order chi connectivity index (χ0) is 11.3. The molecule has 0 spiro atoms. The SMILES string of the molecule is CCC(C(=O)NN)N(CCOC)C1CC1. The molecule has 0 aromatic carbocycles. The van der Waals surface area contributed by atoms with E-state index < -0.39 is 0 Å².